The van der Waals surface area contributed by atoms with Crippen molar-refractivity contribution in [2.24, 2.45) is 5.10 Å². The molecule has 1 N–H and O–H groups in total. The summed E-state index contributed by atoms with van der Waals surface area (Å²) >= 11 is 0. The third kappa shape index (κ3) is 2.27. The van der Waals surface area contributed by atoms with Crippen LogP contribution in [0.15, 0.2) is 28.9 Å². The smallest absolute Gasteiger partial charge is 0.275 e. The van der Waals surface area contributed by atoms with Crippen molar-refractivity contribution >= 4 is 30.2 Å². The SMILES string of the molecule is CC1C(=O)NN=C2COc3ccc(C=C4CB(C#N)C4)cc3N21. The van der Waals surface area contributed by atoms with Crippen molar-refractivity contribution in [2.75, 3.05) is 11.5 Å². The molecule has 4 rings (SSSR count). The fourth-order valence-electron chi connectivity index (χ4n) is 3.15. The minimum absolute atomic E-state index is 0.124. The van der Waals surface area contributed by atoms with Crippen molar-refractivity contribution in [3.63, 3.8) is 0 Å². The highest BCUT2D eigenvalue weighted by Crippen LogP contribution is 2.37. The van der Waals surface area contributed by atoms with E-state index in [0.29, 0.717) is 12.4 Å². The molecule has 1 unspecified atom stereocenters. The van der Waals surface area contributed by atoms with Gasteiger partial charge in [-0.05, 0) is 37.3 Å². The number of hydrogen-bond donors (Lipinski definition) is 1. The molecular formula is C16H15BN4O2. The molecule has 114 valence electrons. The van der Waals surface area contributed by atoms with Gasteiger partial charge in [0.25, 0.3) is 12.6 Å². The molecule has 3 aliphatic rings. The maximum Gasteiger partial charge on any atom is 0.275 e. The predicted molar refractivity (Wildman–Crippen MR) is 88.4 cm³/mol. The van der Waals surface area contributed by atoms with Crippen molar-refractivity contribution in [2.45, 2.75) is 25.6 Å². The Bertz CT molecular complexity index is 788. The van der Waals surface area contributed by atoms with Gasteiger partial charge in [0.1, 0.15) is 18.4 Å². The molecule has 6 nitrogen and oxygen atoms in total. The number of anilines is 1. The number of carbonyl (C=O) groups is 1. The van der Waals surface area contributed by atoms with E-state index in [1.54, 1.807) is 0 Å². The van der Waals surface area contributed by atoms with E-state index in [9.17, 15) is 4.79 Å². The number of benzene rings is 1. The molecule has 1 aromatic rings. The van der Waals surface area contributed by atoms with Gasteiger partial charge in [0.05, 0.1) is 5.69 Å². The molecule has 1 saturated heterocycles. The minimum Gasteiger partial charge on any atom is -0.483 e. The predicted octanol–water partition coefficient (Wildman–Crippen LogP) is 1.67. The third-order valence-corrected chi connectivity index (χ3v) is 4.51. The van der Waals surface area contributed by atoms with E-state index in [-0.39, 0.29) is 18.7 Å². The molecule has 1 amide bonds. The average molecular weight is 306 g/mol. The number of nitrogens with zero attached hydrogens (tertiary/aromatic N) is 3. The average Bonchev–Trinajstić information content (AvgIpc) is 2.53. The number of hydrazone groups is 1. The topological polar surface area (TPSA) is 77.7 Å². The van der Waals surface area contributed by atoms with Gasteiger partial charge in [0, 0.05) is 5.97 Å². The molecule has 0 spiro atoms. The Morgan fingerprint density at radius 1 is 1.52 bits per heavy atom. The zero-order valence-electron chi connectivity index (χ0n) is 12.7. The highest BCUT2D eigenvalue weighted by molar-refractivity contribution is 6.72. The van der Waals surface area contributed by atoms with Gasteiger partial charge in [-0.2, -0.15) is 5.10 Å². The van der Waals surface area contributed by atoms with E-state index in [4.69, 9.17) is 10.00 Å². The molecule has 0 radical (unpaired) electrons. The Hall–Kier alpha value is -2.75. The van der Waals surface area contributed by atoms with E-state index in [1.165, 1.54) is 5.57 Å². The van der Waals surface area contributed by atoms with Gasteiger partial charge in [0.2, 0.25) is 0 Å². The maximum absolute atomic E-state index is 11.9. The van der Waals surface area contributed by atoms with Crippen LogP contribution in [-0.4, -0.2) is 31.1 Å². The molecule has 23 heavy (non-hydrogen) atoms. The van der Waals surface area contributed by atoms with Gasteiger partial charge in [-0.15, -0.1) is 0 Å². The van der Waals surface area contributed by atoms with E-state index in [2.05, 4.69) is 22.6 Å². The lowest BCUT2D eigenvalue weighted by atomic mass is 9.34. The van der Waals surface area contributed by atoms with Gasteiger partial charge in [-0.1, -0.05) is 17.7 Å². The summed E-state index contributed by atoms with van der Waals surface area (Å²) in [5.41, 5.74) is 5.72. The second-order valence-corrected chi connectivity index (χ2v) is 6.10. The van der Waals surface area contributed by atoms with E-state index in [1.807, 2.05) is 30.0 Å². The number of ether oxygens (including phenoxy) is 1. The molecule has 1 fully saturated rings. The Morgan fingerprint density at radius 3 is 3.13 bits per heavy atom. The number of amides is 1. The Balaban J connectivity index is 1.68. The third-order valence-electron chi connectivity index (χ3n) is 4.51. The van der Waals surface area contributed by atoms with Crippen LogP contribution >= 0.6 is 0 Å². The molecule has 7 heteroatoms. The van der Waals surface area contributed by atoms with Gasteiger partial charge in [0.15, 0.2) is 5.84 Å². The van der Waals surface area contributed by atoms with E-state index in [0.717, 1.165) is 29.6 Å². The Morgan fingerprint density at radius 2 is 2.35 bits per heavy atom. The summed E-state index contributed by atoms with van der Waals surface area (Å²) in [4.78, 5) is 13.8. The van der Waals surface area contributed by atoms with Crippen LogP contribution in [0, 0.1) is 11.2 Å². The van der Waals surface area contributed by atoms with Crippen molar-refractivity contribution in [1.82, 2.24) is 5.43 Å². The maximum atomic E-state index is 11.9. The summed E-state index contributed by atoms with van der Waals surface area (Å²) in [7, 11) is 0. The summed E-state index contributed by atoms with van der Waals surface area (Å²) in [6, 6.07) is 5.63. The summed E-state index contributed by atoms with van der Waals surface area (Å²) in [6.45, 7) is 2.36. The van der Waals surface area contributed by atoms with Crippen LogP contribution in [0.5, 0.6) is 5.75 Å². The summed E-state index contributed by atoms with van der Waals surface area (Å²) < 4.78 is 5.72. The van der Waals surface area contributed by atoms with Crippen LogP contribution in [0.25, 0.3) is 6.08 Å². The number of nitrogens with one attached hydrogen (secondary N) is 1. The fourth-order valence-corrected chi connectivity index (χ4v) is 3.15. The molecule has 1 aromatic carbocycles. The standard InChI is InChI=1S/C16H15BN4O2/c1-10-16(22)20-19-15-8-23-14-3-2-11(5-13(14)21(10)15)4-12-6-17(7-12)9-18/h2-5,10H,6-8H2,1H3,(H,20,22). The largest absolute Gasteiger partial charge is 0.483 e. The van der Waals surface area contributed by atoms with Crippen LogP contribution in [-0.2, 0) is 4.79 Å². The zero-order valence-corrected chi connectivity index (χ0v) is 12.7. The lowest BCUT2D eigenvalue weighted by Crippen LogP contribution is -2.55. The monoisotopic (exact) mass is 306 g/mol. The van der Waals surface area contributed by atoms with Gasteiger partial charge < -0.3 is 9.64 Å². The first-order chi connectivity index (χ1) is 11.2. The molecular weight excluding hydrogens is 291 g/mol. The quantitative estimate of drug-likeness (QED) is 0.801. The summed E-state index contributed by atoms with van der Waals surface area (Å²) in [5, 5.41) is 12.9. The zero-order chi connectivity index (χ0) is 16.0. The lowest BCUT2D eigenvalue weighted by molar-refractivity contribution is -0.122. The van der Waals surface area contributed by atoms with E-state index >= 15 is 0 Å². The number of allylic oxidation sites excluding steroid dienone is 1. The van der Waals surface area contributed by atoms with Crippen molar-refractivity contribution in [3.8, 4) is 11.7 Å². The Kier molecular flexibility index (Phi) is 3.12. The molecule has 0 aromatic heterocycles. The highest BCUT2D eigenvalue weighted by atomic mass is 16.5. The first-order valence-corrected chi connectivity index (χ1v) is 7.67. The summed E-state index contributed by atoms with van der Waals surface area (Å²) in [6.07, 6.45) is 3.81. The van der Waals surface area contributed by atoms with Crippen LogP contribution in [0.1, 0.15) is 12.5 Å². The molecule has 0 aliphatic carbocycles. The van der Waals surface area contributed by atoms with Crippen molar-refractivity contribution in [3.05, 3.63) is 29.3 Å². The second-order valence-electron chi connectivity index (χ2n) is 6.10. The fraction of sp³-hybridized carbons (Fsp3) is 0.312. The first kappa shape index (κ1) is 13.9. The number of amidine groups is 1. The molecule has 0 bridgehead atoms. The highest BCUT2D eigenvalue weighted by Gasteiger charge is 2.35. The molecule has 0 saturated carbocycles. The second kappa shape index (κ2) is 5.16. The molecule has 3 heterocycles. The number of hydrogen-bond acceptors (Lipinski definition) is 5. The van der Waals surface area contributed by atoms with Crippen LogP contribution in [0.4, 0.5) is 5.69 Å². The summed E-state index contributed by atoms with van der Waals surface area (Å²) in [5.74, 6) is 3.63. The molecule has 1 atom stereocenters. The minimum atomic E-state index is -0.320. The van der Waals surface area contributed by atoms with Gasteiger partial charge in [-0.25, -0.2) is 10.7 Å². The lowest BCUT2D eigenvalue weighted by Gasteiger charge is -2.38. The first-order valence-electron chi connectivity index (χ1n) is 7.67. The van der Waals surface area contributed by atoms with Crippen LogP contribution in [0.2, 0.25) is 12.6 Å². The number of fused-ring (bicyclic) bond motifs is 3. The van der Waals surface area contributed by atoms with Crippen LogP contribution in [0.3, 0.4) is 0 Å². The van der Waals surface area contributed by atoms with Crippen molar-refractivity contribution in [1.29, 1.82) is 5.26 Å². The van der Waals surface area contributed by atoms with Gasteiger partial charge >= 0.3 is 0 Å². The number of nitriles is 1. The normalized spacial score (nSPS) is 21.9. The number of rotatable bonds is 1. The number of carbonyl (C=O) groups excluding carboxylic acids is 1. The Labute approximate surface area is 134 Å². The van der Waals surface area contributed by atoms with Gasteiger partial charge in [-0.3, -0.25) is 4.79 Å². The van der Waals surface area contributed by atoms with Crippen LogP contribution < -0.4 is 15.1 Å². The van der Waals surface area contributed by atoms with E-state index < -0.39 is 0 Å². The van der Waals surface area contributed by atoms with Crippen molar-refractivity contribution < 1.29 is 9.53 Å². The molecule has 3 aliphatic heterocycles.